The van der Waals surface area contributed by atoms with E-state index in [0.29, 0.717) is 19.4 Å². The fraction of sp³-hybridized carbons (Fsp3) is 0.846. The maximum absolute atomic E-state index is 12.0. The fourth-order valence-electron chi connectivity index (χ4n) is 2.07. The largest absolute Gasteiger partial charge is 0.330 e. The van der Waals surface area contributed by atoms with Crippen LogP contribution in [-0.4, -0.2) is 28.7 Å². The number of carbonyl (C=O) groups excluding carboxylic acids is 2. The smallest absolute Gasteiger partial charge is 0.223 e. The van der Waals surface area contributed by atoms with Gasteiger partial charge in [-0.25, -0.2) is 0 Å². The van der Waals surface area contributed by atoms with Crippen LogP contribution in [0, 0.1) is 5.41 Å². The summed E-state index contributed by atoms with van der Waals surface area (Å²) in [6.45, 7) is 10.6. The highest BCUT2D eigenvalue weighted by Gasteiger charge is 2.40. The van der Waals surface area contributed by atoms with Gasteiger partial charge in [0.1, 0.15) is 0 Å². The Morgan fingerprint density at radius 1 is 1.38 bits per heavy atom. The minimum Gasteiger partial charge on any atom is -0.330 e. The molecule has 3 heteroatoms. The van der Waals surface area contributed by atoms with Crippen molar-refractivity contribution in [2.75, 3.05) is 6.54 Å². The van der Waals surface area contributed by atoms with E-state index in [4.69, 9.17) is 0 Å². The molecule has 1 amide bonds. The Balaban J connectivity index is 2.58. The number of Topliss-reactive ketones (excluding diaryl/α,β-unsaturated/α-hetero) is 1. The molecule has 0 aliphatic carbocycles. The molecule has 0 aromatic rings. The van der Waals surface area contributed by atoms with E-state index >= 15 is 0 Å². The number of amides is 1. The van der Waals surface area contributed by atoms with Crippen LogP contribution in [0.3, 0.4) is 0 Å². The average Bonchev–Trinajstić information content (AvgIpc) is 2.34. The Morgan fingerprint density at radius 3 is 2.31 bits per heavy atom. The molecule has 0 aromatic carbocycles. The molecule has 0 N–H and O–H groups in total. The SMILES string of the molecule is CC(C)(C)CCC(=O)N1CC(=O)CC1(C)C. The van der Waals surface area contributed by atoms with Gasteiger partial charge in [-0.05, 0) is 25.7 Å². The van der Waals surface area contributed by atoms with Gasteiger partial charge in [-0.3, -0.25) is 9.59 Å². The first-order valence-corrected chi connectivity index (χ1v) is 5.94. The van der Waals surface area contributed by atoms with Crippen molar-refractivity contribution < 1.29 is 9.59 Å². The molecule has 16 heavy (non-hydrogen) atoms. The molecule has 1 saturated heterocycles. The van der Waals surface area contributed by atoms with E-state index in [2.05, 4.69) is 20.8 Å². The van der Waals surface area contributed by atoms with E-state index in [9.17, 15) is 9.59 Å². The Bertz CT molecular complexity index is 300. The number of rotatable bonds is 2. The fourth-order valence-corrected chi connectivity index (χ4v) is 2.07. The third-order valence-electron chi connectivity index (χ3n) is 3.08. The van der Waals surface area contributed by atoms with Gasteiger partial charge in [0.2, 0.25) is 5.91 Å². The average molecular weight is 225 g/mol. The normalized spacial score (nSPS) is 20.3. The molecule has 0 atom stereocenters. The van der Waals surface area contributed by atoms with Crippen LogP contribution in [0.25, 0.3) is 0 Å². The van der Waals surface area contributed by atoms with Crippen LogP contribution >= 0.6 is 0 Å². The van der Waals surface area contributed by atoms with Crippen LogP contribution in [0.15, 0.2) is 0 Å². The predicted octanol–water partition coefficient (Wildman–Crippen LogP) is 2.39. The summed E-state index contributed by atoms with van der Waals surface area (Å²) in [6, 6.07) is 0. The van der Waals surface area contributed by atoms with Gasteiger partial charge in [0.15, 0.2) is 5.78 Å². The van der Waals surface area contributed by atoms with Crippen molar-refractivity contribution in [3.05, 3.63) is 0 Å². The zero-order chi connectivity index (χ0) is 12.6. The van der Waals surface area contributed by atoms with E-state index in [1.165, 1.54) is 0 Å². The second-order valence-corrected chi connectivity index (χ2v) is 6.57. The zero-order valence-electron chi connectivity index (χ0n) is 11.1. The quantitative estimate of drug-likeness (QED) is 0.723. The molecule has 1 rings (SSSR count). The molecule has 92 valence electrons. The Morgan fingerprint density at radius 2 is 1.94 bits per heavy atom. The molecule has 0 aromatic heterocycles. The lowest BCUT2D eigenvalue weighted by Gasteiger charge is -2.31. The Kier molecular flexibility index (Phi) is 3.46. The minimum atomic E-state index is -0.286. The summed E-state index contributed by atoms with van der Waals surface area (Å²) >= 11 is 0. The maximum atomic E-state index is 12.0. The molecule has 0 unspecified atom stereocenters. The van der Waals surface area contributed by atoms with Crippen molar-refractivity contribution >= 4 is 11.7 Å². The van der Waals surface area contributed by atoms with Crippen molar-refractivity contribution in [1.82, 2.24) is 4.90 Å². The van der Waals surface area contributed by atoms with Gasteiger partial charge in [0, 0.05) is 18.4 Å². The second kappa shape index (κ2) is 4.19. The highest BCUT2D eigenvalue weighted by atomic mass is 16.2. The maximum Gasteiger partial charge on any atom is 0.223 e. The number of hydrogen-bond acceptors (Lipinski definition) is 2. The summed E-state index contributed by atoms with van der Waals surface area (Å²) in [5.41, 5.74) is -0.115. The van der Waals surface area contributed by atoms with Crippen molar-refractivity contribution in [3.8, 4) is 0 Å². The summed E-state index contributed by atoms with van der Waals surface area (Å²) in [7, 11) is 0. The van der Waals surface area contributed by atoms with E-state index < -0.39 is 0 Å². The summed E-state index contributed by atoms with van der Waals surface area (Å²) in [4.78, 5) is 25.1. The van der Waals surface area contributed by atoms with E-state index in [1.807, 2.05) is 13.8 Å². The number of carbonyl (C=O) groups is 2. The first-order valence-electron chi connectivity index (χ1n) is 5.94. The minimum absolute atomic E-state index is 0.116. The van der Waals surface area contributed by atoms with Gasteiger partial charge < -0.3 is 4.90 Å². The zero-order valence-corrected chi connectivity index (χ0v) is 11.1. The molecule has 0 saturated carbocycles. The van der Waals surface area contributed by atoms with Gasteiger partial charge in [0.05, 0.1) is 6.54 Å². The van der Waals surface area contributed by atoms with Gasteiger partial charge in [-0.15, -0.1) is 0 Å². The molecule has 0 spiro atoms. The number of ketones is 1. The highest BCUT2D eigenvalue weighted by molar-refractivity contribution is 5.91. The molecule has 0 bridgehead atoms. The lowest BCUT2D eigenvalue weighted by atomic mass is 9.90. The number of hydrogen-bond donors (Lipinski definition) is 0. The van der Waals surface area contributed by atoms with E-state index in [-0.39, 0.29) is 22.6 Å². The molecule has 1 aliphatic rings. The molecule has 1 aliphatic heterocycles. The van der Waals surface area contributed by atoms with Crippen LogP contribution in [0.4, 0.5) is 0 Å². The number of nitrogens with zero attached hydrogens (tertiary/aromatic N) is 1. The molecule has 0 radical (unpaired) electrons. The highest BCUT2D eigenvalue weighted by Crippen LogP contribution is 2.28. The van der Waals surface area contributed by atoms with Crippen LogP contribution in [-0.2, 0) is 9.59 Å². The van der Waals surface area contributed by atoms with Crippen molar-refractivity contribution in [1.29, 1.82) is 0 Å². The topological polar surface area (TPSA) is 37.4 Å². The van der Waals surface area contributed by atoms with Gasteiger partial charge in [-0.1, -0.05) is 20.8 Å². The standard InChI is InChI=1S/C13H23NO2/c1-12(2,3)7-6-11(16)14-9-10(15)8-13(14,4)5/h6-9H2,1-5H3. The van der Waals surface area contributed by atoms with Crippen LogP contribution in [0.2, 0.25) is 0 Å². The molecular weight excluding hydrogens is 202 g/mol. The molecule has 1 fully saturated rings. The lowest BCUT2D eigenvalue weighted by molar-refractivity contribution is -0.135. The van der Waals surface area contributed by atoms with E-state index in [1.54, 1.807) is 4.90 Å². The molecule has 3 nitrogen and oxygen atoms in total. The third kappa shape index (κ3) is 3.32. The van der Waals surface area contributed by atoms with Gasteiger partial charge in [-0.2, -0.15) is 0 Å². The van der Waals surface area contributed by atoms with Gasteiger partial charge in [0.25, 0.3) is 0 Å². The number of likely N-dealkylation sites (tertiary alicyclic amines) is 1. The van der Waals surface area contributed by atoms with Crippen molar-refractivity contribution in [2.45, 2.75) is 59.4 Å². The first kappa shape index (κ1) is 13.2. The Hall–Kier alpha value is -0.860. The first-order chi connectivity index (χ1) is 7.12. The summed E-state index contributed by atoms with van der Waals surface area (Å²) in [5.74, 6) is 0.292. The summed E-state index contributed by atoms with van der Waals surface area (Å²) in [6.07, 6.45) is 1.90. The van der Waals surface area contributed by atoms with Crippen LogP contribution in [0.5, 0.6) is 0 Å². The van der Waals surface area contributed by atoms with E-state index in [0.717, 1.165) is 6.42 Å². The molecule has 1 heterocycles. The van der Waals surface area contributed by atoms with Crippen LogP contribution < -0.4 is 0 Å². The van der Waals surface area contributed by atoms with Gasteiger partial charge >= 0.3 is 0 Å². The third-order valence-corrected chi connectivity index (χ3v) is 3.08. The van der Waals surface area contributed by atoms with Crippen molar-refractivity contribution in [2.24, 2.45) is 5.41 Å². The monoisotopic (exact) mass is 225 g/mol. The predicted molar refractivity (Wildman–Crippen MR) is 64.1 cm³/mol. The summed E-state index contributed by atoms with van der Waals surface area (Å²) in [5, 5.41) is 0. The summed E-state index contributed by atoms with van der Waals surface area (Å²) < 4.78 is 0. The van der Waals surface area contributed by atoms with Crippen LogP contribution in [0.1, 0.15) is 53.9 Å². The second-order valence-electron chi connectivity index (χ2n) is 6.57. The molecular formula is C13H23NO2. The van der Waals surface area contributed by atoms with Crippen molar-refractivity contribution in [3.63, 3.8) is 0 Å². The Labute approximate surface area is 98.2 Å². The lowest BCUT2D eigenvalue weighted by Crippen LogP contribution is -2.42.